The Morgan fingerprint density at radius 3 is 2.90 bits per heavy atom. The Labute approximate surface area is 165 Å². The molecule has 0 saturated carbocycles. The van der Waals surface area contributed by atoms with Gasteiger partial charge in [0, 0.05) is 42.5 Å². The molecule has 6 heterocycles. The van der Waals surface area contributed by atoms with Crippen molar-refractivity contribution in [3.8, 4) is 22.6 Å². The van der Waals surface area contributed by atoms with E-state index in [1.807, 2.05) is 24.3 Å². The molecule has 0 spiro atoms. The predicted octanol–water partition coefficient (Wildman–Crippen LogP) is 2.11. The molecule has 9 heteroatoms. The van der Waals surface area contributed by atoms with Gasteiger partial charge in [0.25, 0.3) is 0 Å². The number of anilines is 1. The monoisotopic (exact) mass is 383 g/mol. The first-order valence-corrected chi connectivity index (χ1v) is 9.36. The summed E-state index contributed by atoms with van der Waals surface area (Å²) in [4.78, 5) is 23.5. The van der Waals surface area contributed by atoms with E-state index in [9.17, 15) is 0 Å². The van der Waals surface area contributed by atoms with Crippen molar-refractivity contribution in [1.82, 2.24) is 35.1 Å². The molecule has 29 heavy (non-hydrogen) atoms. The van der Waals surface area contributed by atoms with Crippen LogP contribution in [0.3, 0.4) is 0 Å². The number of nitrogens with zero attached hydrogens (tertiary/aromatic N) is 6. The van der Waals surface area contributed by atoms with Crippen LogP contribution in [0.5, 0.6) is 0 Å². The molecule has 0 bridgehead atoms. The Hall–Kier alpha value is -3.85. The van der Waals surface area contributed by atoms with E-state index < -0.39 is 0 Å². The highest BCUT2D eigenvalue weighted by Crippen LogP contribution is 2.30. The lowest BCUT2D eigenvalue weighted by Gasteiger charge is -2.37. The van der Waals surface area contributed by atoms with Gasteiger partial charge in [-0.25, -0.2) is 9.97 Å². The molecule has 5 aromatic heterocycles. The van der Waals surface area contributed by atoms with Gasteiger partial charge in [-0.05, 0) is 24.3 Å². The van der Waals surface area contributed by atoms with Gasteiger partial charge in [-0.2, -0.15) is 5.10 Å². The second kappa shape index (κ2) is 6.08. The lowest BCUT2D eigenvalue weighted by atomic mass is 10.1. The largest absolute Gasteiger partial charge is 0.352 e. The van der Waals surface area contributed by atoms with Crippen molar-refractivity contribution in [3.63, 3.8) is 0 Å². The quantitative estimate of drug-likeness (QED) is 0.436. The average molecular weight is 383 g/mol. The van der Waals surface area contributed by atoms with Crippen LogP contribution < -0.4 is 10.6 Å². The highest BCUT2D eigenvalue weighted by atomic mass is 15.3. The zero-order chi connectivity index (χ0) is 19.4. The van der Waals surface area contributed by atoms with Gasteiger partial charge < -0.3 is 15.6 Å². The summed E-state index contributed by atoms with van der Waals surface area (Å²) in [5, 5.41) is 8.38. The Morgan fingerprint density at radius 1 is 1.10 bits per heavy atom. The molecular weight excluding hydrogens is 366 g/mol. The number of fused-ring (bicyclic) bond motifs is 2. The van der Waals surface area contributed by atoms with Crippen LogP contribution >= 0.6 is 0 Å². The van der Waals surface area contributed by atoms with E-state index in [1.165, 1.54) is 0 Å². The summed E-state index contributed by atoms with van der Waals surface area (Å²) < 4.78 is 0. The number of H-pyrrole nitrogens is 2. The van der Waals surface area contributed by atoms with Crippen LogP contribution in [-0.4, -0.2) is 54.2 Å². The molecule has 5 aromatic rings. The molecule has 6 rings (SSSR count). The number of aromatic nitrogens is 7. The zero-order valence-corrected chi connectivity index (χ0v) is 15.4. The molecule has 0 aliphatic carbocycles. The number of rotatable bonds is 3. The van der Waals surface area contributed by atoms with Crippen molar-refractivity contribution >= 4 is 27.9 Å². The summed E-state index contributed by atoms with van der Waals surface area (Å²) in [5.74, 6) is 0.832. The summed E-state index contributed by atoms with van der Waals surface area (Å²) in [7, 11) is 0. The number of hydrogen-bond donors (Lipinski definition) is 3. The molecule has 0 aromatic carbocycles. The lowest BCUT2D eigenvalue weighted by molar-refractivity contribution is 0.514. The van der Waals surface area contributed by atoms with E-state index in [4.69, 9.17) is 10.7 Å². The van der Waals surface area contributed by atoms with Gasteiger partial charge in [-0.1, -0.05) is 0 Å². The van der Waals surface area contributed by atoms with E-state index >= 15 is 0 Å². The number of aromatic amines is 2. The first-order chi connectivity index (χ1) is 14.2. The summed E-state index contributed by atoms with van der Waals surface area (Å²) >= 11 is 0. The third-order valence-electron chi connectivity index (χ3n) is 5.21. The van der Waals surface area contributed by atoms with Crippen molar-refractivity contribution in [2.24, 2.45) is 5.73 Å². The molecule has 0 unspecified atom stereocenters. The van der Waals surface area contributed by atoms with E-state index in [2.05, 4.69) is 35.0 Å². The predicted molar refractivity (Wildman–Crippen MR) is 110 cm³/mol. The van der Waals surface area contributed by atoms with Crippen LogP contribution in [0.4, 0.5) is 5.82 Å². The molecule has 0 amide bonds. The topological polar surface area (TPSA) is 125 Å². The third-order valence-corrected chi connectivity index (χ3v) is 5.21. The Morgan fingerprint density at radius 2 is 2.03 bits per heavy atom. The van der Waals surface area contributed by atoms with E-state index in [1.54, 1.807) is 24.8 Å². The fourth-order valence-electron chi connectivity index (χ4n) is 3.68. The standard InChI is InChI=1S/C20H17N9/c21-12-9-29(10-12)18-8-22-7-17(26-18)11-4-13-19(27-28-20(13)24-6-11)16-5-15-14(25-16)2-1-3-23-15/h1-8,12,25H,9-10,21H2,(H,24,27,28). The fraction of sp³-hybridized carbons (Fsp3) is 0.150. The maximum absolute atomic E-state index is 5.89. The number of nitrogens with one attached hydrogen (secondary N) is 2. The number of pyridine rings is 2. The van der Waals surface area contributed by atoms with Gasteiger partial charge in [0.1, 0.15) is 11.5 Å². The Balaban J connectivity index is 1.43. The first-order valence-electron chi connectivity index (χ1n) is 9.36. The van der Waals surface area contributed by atoms with E-state index in [0.717, 1.165) is 58.0 Å². The SMILES string of the molecule is NC1CN(c2cncc(-c3cnc4[nH]nc(-c5cc6ncccc6[nH]5)c4c3)n2)C1. The van der Waals surface area contributed by atoms with Crippen molar-refractivity contribution in [1.29, 1.82) is 0 Å². The van der Waals surface area contributed by atoms with Gasteiger partial charge in [0.05, 0.1) is 34.8 Å². The average Bonchev–Trinajstić information content (AvgIpc) is 3.34. The number of nitrogens with two attached hydrogens (primary N) is 1. The Bertz CT molecular complexity index is 1310. The van der Waals surface area contributed by atoms with Crippen LogP contribution in [0.25, 0.3) is 44.7 Å². The van der Waals surface area contributed by atoms with Crippen LogP contribution in [0.1, 0.15) is 0 Å². The minimum absolute atomic E-state index is 0.206. The first kappa shape index (κ1) is 16.1. The highest BCUT2D eigenvalue weighted by molar-refractivity contribution is 5.95. The van der Waals surface area contributed by atoms with Gasteiger partial charge >= 0.3 is 0 Å². The van der Waals surface area contributed by atoms with E-state index in [0.29, 0.717) is 5.65 Å². The molecule has 1 aliphatic heterocycles. The molecule has 1 aliphatic rings. The molecular formula is C20H17N9. The smallest absolute Gasteiger partial charge is 0.155 e. The normalized spacial score (nSPS) is 14.6. The van der Waals surface area contributed by atoms with Crippen LogP contribution in [0.15, 0.2) is 49.1 Å². The van der Waals surface area contributed by atoms with Gasteiger partial charge in [0.2, 0.25) is 0 Å². The maximum atomic E-state index is 5.89. The van der Waals surface area contributed by atoms with Crippen LogP contribution in [0.2, 0.25) is 0 Å². The molecule has 0 atom stereocenters. The third kappa shape index (κ3) is 2.63. The van der Waals surface area contributed by atoms with Crippen LogP contribution in [0, 0.1) is 0 Å². The molecule has 9 nitrogen and oxygen atoms in total. The van der Waals surface area contributed by atoms with Crippen LogP contribution in [-0.2, 0) is 0 Å². The van der Waals surface area contributed by atoms with Gasteiger partial charge in [-0.15, -0.1) is 0 Å². The Kier molecular flexibility index (Phi) is 3.38. The highest BCUT2D eigenvalue weighted by Gasteiger charge is 2.24. The zero-order valence-electron chi connectivity index (χ0n) is 15.4. The molecule has 0 radical (unpaired) electrons. The maximum Gasteiger partial charge on any atom is 0.155 e. The van der Waals surface area contributed by atoms with Crippen molar-refractivity contribution in [2.45, 2.75) is 6.04 Å². The summed E-state index contributed by atoms with van der Waals surface area (Å²) in [6.07, 6.45) is 7.08. The van der Waals surface area contributed by atoms with E-state index in [-0.39, 0.29) is 6.04 Å². The summed E-state index contributed by atoms with van der Waals surface area (Å²) in [5.41, 5.74) is 11.8. The van der Waals surface area contributed by atoms with Crippen molar-refractivity contribution < 1.29 is 0 Å². The second-order valence-corrected chi connectivity index (χ2v) is 7.24. The lowest BCUT2D eigenvalue weighted by Crippen LogP contribution is -2.56. The summed E-state index contributed by atoms with van der Waals surface area (Å²) in [6, 6.07) is 8.13. The number of hydrogen-bond acceptors (Lipinski definition) is 7. The van der Waals surface area contributed by atoms with Gasteiger partial charge in [-0.3, -0.25) is 15.1 Å². The minimum Gasteiger partial charge on any atom is -0.352 e. The molecule has 4 N–H and O–H groups in total. The van der Waals surface area contributed by atoms with Gasteiger partial charge in [0.15, 0.2) is 5.65 Å². The van der Waals surface area contributed by atoms with Crippen molar-refractivity contribution in [2.75, 3.05) is 18.0 Å². The van der Waals surface area contributed by atoms with Crippen molar-refractivity contribution in [3.05, 3.63) is 49.1 Å². The fourth-order valence-corrected chi connectivity index (χ4v) is 3.68. The molecule has 1 fully saturated rings. The minimum atomic E-state index is 0.206. The summed E-state index contributed by atoms with van der Waals surface area (Å²) in [6.45, 7) is 1.60. The second-order valence-electron chi connectivity index (χ2n) is 7.24. The molecule has 1 saturated heterocycles. The molecule has 142 valence electrons.